The number of rotatable bonds is 10. The molecule has 6 nitrogen and oxygen atoms in total. The van der Waals surface area contributed by atoms with Gasteiger partial charge in [-0.3, -0.25) is 14.4 Å². The molecule has 1 aliphatic rings. The normalized spacial score (nSPS) is 16.1. The molecule has 1 unspecified atom stereocenters. The molecule has 0 bridgehead atoms. The number of allylic oxidation sites excluding steroid dienone is 1. The third kappa shape index (κ3) is 9.41. The summed E-state index contributed by atoms with van der Waals surface area (Å²) in [5, 5.41) is 5.31. The lowest BCUT2D eigenvalue weighted by Crippen LogP contribution is -2.46. The molecule has 29 heavy (non-hydrogen) atoms. The van der Waals surface area contributed by atoms with Crippen LogP contribution >= 0.6 is 0 Å². The summed E-state index contributed by atoms with van der Waals surface area (Å²) < 4.78 is 0. The van der Waals surface area contributed by atoms with Crippen LogP contribution in [-0.4, -0.2) is 30.3 Å². The van der Waals surface area contributed by atoms with E-state index in [1.807, 2.05) is 36.4 Å². The second kappa shape index (κ2) is 12.8. The van der Waals surface area contributed by atoms with Crippen molar-refractivity contribution in [3.63, 3.8) is 0 Å². The van der Waals surface area contributed by atoms with Crippen molar-refractivity contribution in [2.24, 2.45) is 11.7 Å². The predicted molar refractivity (Wildman–Crippen MR) is 114 cm³/mol. The smallest absolute Gasteiger partial charge is 0.244 e. The molecule has 1 fully saturated rings. The van der Waals surface area contributed by atoms with Crippen molar-refractivity contribution in [2.45, 2.75) is 63.8 Å². The number of nitrogens with two attached hydrogens (primary N) is 1. The summed E-state index contributed by atoms with van der Waals surface area (Å²) in [6.45, 7) is 0.462. The Morgan fingerprint density at radius 3 is 2.41 bits per heavy atom. The summed E-state index contributed by atoms with van der Waals surface area (Å²) in [4.78, 5) is 35.8. The van der Waals surface area contributed by atoms with Crippen LogP contribution in [0.2, 0.25) is 0 Å². The van der Waals surface area contributed by atoms with Gasteiger partial charge in [-0.1, -0.05) is 74.9 Å². The fourth-order valence-corrected chi connectivity index (χ4v) is 3.66. The number of carbonyl (C=O) groups is 3. The first-order chi connectivity index (χ1) is 14.0. The Kier molecular flexibility index (Phi) is 9.96. The number of nitrogens with one attached hydrogen (secondary N) is 2. The van der Waals surface area contributed by atoms with E-state index in [2.05, 4.69) is 10.6 Å². The largest absolute Gasteiger partial charge is 0.368 e. The van der Waals surface area contributed by atoms with Gasteiger partial charge in [0.15, 0.2) is 0 Å². The monoisotopic (exact) mass is 399 g/mol. The zero-order valence-electron chi connectivity index (χ0n) is 17.1. The van der Waals surface area contributed by atoms with Crippen LogP contribution in [0.5, 0.6) is 0 Å². The molecular formula is C23H33N3O3. The number of carbonyl (C=O) groups excluding carboxylic acids is 3. The van der Waals surface area contributed by atoms with E-state index < -0.39 is 11.9 Å². The molecule has 3 amide bonds. The highest BCUT2D eigenvalue weighted by Crippen LogP contribution is 2.25. The number of benzene rings is 1. The Bertz CT molecular complexity index is 680. The number of amides is 3. The molecule has 1 aromatic carbocycles. The van der Waals surface area contributed by atoms with Crippen molar-refractivity contribution in [2.75, 3.05) is 6.54 Å². The van der Waals surface area contributed by atoms with Gasteiger partial charge in [0.25, 0.3) is 0 Å². The molecule has 0 radical (unpaired) electrons. The third-order valence-corrected chi connectivity index (χ3v) is 5.34. The van der Waals surface area contributed by atoms with Crippen LogP contribution in [-0.2, 0) is 20.8 Å². The summed E-state index contributed by atoms with van der Waals surface area (Å²) in [7, 11) is 0. The van der Waals surface area contributed by atoms with Crippen LogP contribution in [0.25, 0.3) is 0 Å². The highest BCUT2D eigenvalue weighted by molar-refractivity contribution is 5.94. The molecule has 0 spiro atoms. The lowest BCUT2D eigenvalue weighted by Gasteiger charge is -2.14. The maximum absolute atomic E-state index is 12.1. The summed E-state index contributed by atoms with van der Waals surface area (Å²) in [6, 6.07) is 8.78. The summed E-state index contributed by atoms with van der Waals surface area (Å²) in [5.74, 6) is -0.787. The molecule has 1 saturated carbocycles. The van der Waals surface area contributed by atoms with Gasteiger partial charge in [0.1, 0.15) is 6.04 Å². The molecule has 0 aliphatic heterocycles. The SMILES string of the molecule is NC(=O)C(CC(=O)NCCc1ccccc1)NC(=O)/C=C/CC1CCCCCC1. The van der Waals surface area contributed by atoms with Gasteiger partial charge in [-0.15, -0.1) is 0 Å². The van der Waals surface area contributed by atoms with Gasteiger partial charge in [-0.05, 0) is 30.4 Å². The van der Waals surface area contributed by atoms with E-state index in [0.717, 1.165) is 12.0 Å². The minimum Gasteiger partial charge on any atom is -0.368 e. The summed E-state index contributed by atoms with van der Waals surface area (Å²) in [5.41, 5.74) is 6.48. The topological polar surface area (TPSA) is 101 Å². The Labute approximate surface area is 173 Å². The maximum atomic E-state index is 12.1. The van der Waals surface area contributed by atoms with Crippen LogP contribution in [0.1, 0.15) is 56.9 Å². The van der Waals surface area contributed by atoms with E-state index in [1.54, 1.807) is 0 Å². The molecule has 0 aromatic heterocycles. The molecule has 6 heteroatoms. The van der Waals surface area contributed by atoms with Gasteiger partial charge in [0.05, 0.1) is 6.42 Å². The molecule has 158 valence electrons. The van der Waals surface area contributed by atoms with Crippen molar-refractivity contribution in [3.8, 4) is 0 Å². The lowest BCUT2D eigenvalue weighted by molar-refractivity contribution is -0.129. The second-order valence-electron chi connectivity index (χ2n) is 7.75. The van der Waals surface area contributed by atoms with E-state index in [1.165, 1.54) is 44.6 Å². The van der Waals surface area contributed by atoms with Gasteiger partial charge in [0, 0.05) is 6.54 Å². The van der Waals surface area contributed by atoms with E-state index in [0.29, 0.717) is 18.9 Å². The first kappa shape index (κ1) is 22.7. The van der Waals surface area contributed by atoms with Gasteiger partial charge in [-0.25, -0.2) is 0 Å². The average molecular weight is 400 g/mol. The summed E-state index contributed by atoms with van der Waals surface area (Å²) in [6.07, 6.45) is 12.3. The molecule has 1 atom stereocenters. The van der Waals surface area contributed by atoms with Gasteiger partial charge < -0.3 is 16.4 Å². The fraction of sp³-hybridized carbons (Fsp3) is 0.522. The third-order valence-electron chi connectivity index (χ3n) is 5.34. The van der Waals surface area contributed by atoms with E-state index in [-0.39, 0.29) is 18.2 Å². The number of hydrogen-bond donors (Lipinski definition) is 3. The molecule has 4 N–H and O–H groups in total. The fourth-order valence-electron chi connectivity index (χ4n) is 3.66. The van der Waals surface area contributed by atoms with Crippen LogP contribution in [0.3, 0.4) is 0 Å². The zero-order chi connectivity index (χ0) is 20.9. The van der Waals surface area contributed by atoms with Gasteiger partial charge in [0.2, 0.25) is 17.7 Å². The summed E-state index contributed by atoms with van der Waals surface area (Å²) >= 11 is 0. The predicted octanol–water partition coefficient (Wildman–Crippen LogP) is 2.62. The van der Waals surface area contributed by atoms with Gasteiger partial charge in [-0.2, -0.15) is 0 Å². The molecule has 1 aromatic rings. The highest BCUT2D eigenvalue weighted by Gasteiger charge is 2.20. The average Bonchev–Trinajstić information content (AvgIpc) is 2.97. The molecule has 0 saturated heterocycles. The highest BCUT2D eigenvalue weighted by atomic mass is 16.2. The van der Waals surface area contributed by atoms with Crippen LogP contribution < -0.4 is 16.4 Å². The first-order valence-electron chi connectivity index (χ1n) is 10.6. The Hall–Kier alpha value is -2.63. The van der Waals surface area contributed by atoms with Crippen molar-refractivity contribution in [1.82, 2.24) is 10.6 Å². The zero-order valence-corrected chi connectivity index (χ0v) is 17.1. The Balaban J connectivity index is 1.71. The van der Waals surface area contributed by atoms with E-state index >= 15 is 0 Å². The molecule has 0 heterocycles. The van der Waals surface area contributed by atoms with Crippen molar-refractivity contribution in [1.29, 1.82) is 0 Å². The van der Waals surface area contributed by atoms with Crippen molar-refractivity contribution < 1.29 is 14.4 Å². The van der Waals surface area contributed by atoms with E-state index in [9.17, 15) is 14.4 Å². The Morgan fingerprint density at radius 1 is 1.07 bits per heavy atom. The molecule has 2 rings (SSSR count). The second-order valence-corrected chi connectivity index (χ2v) is 7.75. The number of primary amides is 1. The first-order valence-corrected chi connectivity index (χ1v) is 10.6. The van der Waals surface area contributed by atoms with E-state index in [4.69, 9.17) is 5.73 Å². The minimum atomic E-state index is -1.01. The lowest BCUT2D eigenvalue weighted by atomic mass is 9.96. The maximum Gasteiger partial charge on any atom is 0.244 e. The Morgan fingerprint density at radius 2 is 1.76 bits per heavy atom. The number of hydrogen-bond acceptors (Lipinski definition) is 3. The van der Waals surface area contributed by atoms with Crippen LogP contribution in [0, 0.1) is 5.92 Å². The molecule has 1 aliphatic carbocycles. The minimum absolute atomic E-state index is 0.160. The standard InChI is InChI=1S/C23H33N3O3/c24-23(29)20(17-22(28)25-16-15-19-11-6-3-7-12-19)26-21(27)14-8-13-18-9-4-1-2-5-10-18/h3,6-8,11-12,14,18,20H,1-2,4-5,9-10,13,15-17H2,(H2,24,29)(H,25,28)(H,26,27)/b14-8+. The van der Waals surface area contributed by atoms with Crippen molar-refractivity contribution >= 4 is 17.7 Å². The quantitative estimate of drug-likeness (QED) is 0.416. The van der Waals surface area contributed by atoms with Crippen LogP contribution in [0.15, 0.2) is 42.5 Å². The van der Waals surface area contributed by atoms with Gasteiger partial charge >= 0.3 is 0 Å². The van der Waals surface area contributed by atoms with Crippen molar-refractivity contribution in [3.05, 3.63) is 48.0 Å². The molecular weight excluding hydrogens is 366 g/mol. The van der Waals surface area contributed by atoms with Crippen LogP contribution in [0.4, 0.5) is 0 Å².